The maximum atomic E-state index is 11.6. The summed E-state index contributed by atoms with van der Waals surface area (Å²) >= 11 is 0. The molecule has 0 spiro atoms. The zero-order valence-electron chi connectivity index (χ0n) is 10.3. The highest BCUT2D eigenvalue weighted by molar-refractivity contribution is 6.23. The van der Waals surface area contributed by atoms with Gasteiger partial charge in [-0.2, -0.15) is 4.79 Å². The molecule has 0 fully saturated rings. The summed E-state index contributed by atoms with van der Waals surface area (Å²) in [5.41, 5.74) is 8.11. The van der Waals surface area contributed by atoms with E-state index in [9.17, 15) is 4.79 Å². The highest BCUT2D eigenvalue weighted by Crippen LogP contribution is 2.15. The van der Waals surface area contributed by atoms with Crippen molar-refractivity contribution in [1.29, 1.82) is 0 Å². The van der Waals surface area contributed by atoms with E-state index in [-0.39, 0.29) is 11.4 Å². The Bertz CT molecular complexity index is 259. The van der Waals surface area contributed by atoms with Crippen LogP contribution in [0.25, 0.3) is 5.53 Å². The van der Waals surface area contributed by atoms with Gasteiger partial charge >= 0.3 is 12.1 Å². The van der Waals surface area contributed by atoms with E-state index in [0.29, 0.717) is 12.5 Å². The highest BCUT2D eigenvalue weighted by atomic mass is 16.2. The Hall–Kier alpha value is -1.15. The van der Waals surface area contributed by atoms with Crippen molar-refractivity contribution in [2.24, 2.45) is 5.92 Å². The Morgan fingerprint density at radius 1 is 1.47 bits per heavy atom. The molecule has 0 N–H and O–H groups in total. The third kappa shape index (κ3) is 5.33. The van der Waals surface area contributed by atoms with E-state index in [1.54, 1.807) is 4.90 Å². The van der Waals surface area contributed by atoms with E-state index < -0.39 is 0 Å². The number of amides is 1. The summed E-state index contributed by atoms with van der Waals surface area (Å²) < 4.78 is 0. The molecule has 0 aromatic rings. The first-order chi connectivity index (χ1) is 6.79. The van der Waals surface area contributed by atoms with Gasteiger partial charge in [-0.3, -0.25) is 4.79 Å². The van der Waals surface area contributed by atoms with Crippen molar-refractivity contribution in [2.45, 2.75) is 46.6 Å². The van der Waals surface area contributed by atoms with Crippen LogP contribution >= 0.6 is 0 Å². The lowest BCUT2D eigenvalue weighted by molar-refractivity contribution is -0.132. The van der Waals surface area contributed by atoms with Crippen LogP contribution in [-0.2, 0) is 4.79 Å². The van der Waals surface area contributed by atoms with Gasteiger partial charge < -0.3 is 10.4 Å². The first kappa shape index (κ1) is 13.8. The summed E-state index contributed by atoms with van der Waals surface area (Å²) in [6, 6.07) is 0. The van der Waals surface area contributed by atoms with Crippen molar-refractivity contribution in [3.63, 3.8) is 0 Å². The Kier molecular flexibility index (Phi) is 5.23. The second-order valence-electron chi connectivity index (χ2n) is 5.09. The number of rotatable bonds is 4. The molecule has 0 bridgehead atoms. The van der Waals surface area contributed by atoms with Crippen LogP contribution in [0.3, 0.4) is 0 Å². The van der Waals surface area contributed by atoms with Gasteiger partial charge in [0, 0.05) is 12.1 Å². The molecule has 4 heteroatoms. The molecule has 86 valence electrons. The van der Waals surface area contributed by atoms with Gasteiger partial charge in [0.25, 0.3) is 0 Å². The lowest BCUT2D eigenvalue weighted by atomic mass is 10.0. The molecule has 0 saturated carbocycles. The van der Waals surface area contributed by atoms with Crippen molar-refractivity contribution in [1.82, 2.24) is 4.90 Å². The van der Waals surface area contributed by atoms with Gasteiger partial charge in [-0.25, -0.2) is 0 Å². The molecule has 0 aromatic heterocycles. The molecule has 1 amide bonds. The molecule has 4 nitrogen and oxygen atoms in total. The summed E-state index contributed by atoms with van der Waals surface area (Å²) in [6.07, 6.45) is 1.90. The maximum Gasteiger partial charge on any atom is 0.344 e. The Morgan fingerprint density at radius 3 is 2.33 bits per heavy atom. The van der Waals surface area contributed by atoms with Crippen LogP contribution in [-0.4, -0.2) is 33.9 Å². The van der Waals surface area contributed by atoms with Gasteiger partial charge in [-0.1, -0.05) is 13.8 Å². The predicted molar refractivity (Wildman–Crippen MR) is 60.6 cm³/mol. The Morgan fingerprint density at radius 2 is 2.00 bits per heavy atom. The van der Waals surface area contributed by atoms with Gasteiger partial charge in [-0.05, 0) is 33.1 Å². The molecule has 0 aliphatic carbocycles. The third-order valence-corrected chi connectivity index (χ3v) is 2.17. The first-order valence-corrected chi connectivity index (χ1v) is 5.28. The monoisotopic (exact) mass is 211 g/mol. The zero-order valence-corrected chi connectivity index (χ0v) is 10.3. The Balaban J connectivity index is 4.59. The van der Waals surface area contributed by atoms with E-state index in [0.717, 1.165) is 12.6 Å². The fourth-order valence-electron chi connectivity index (χ4n) is 1.28. The second kappa shape index (κ2) is 5.66. The van der Waals surface area contributed by atoms with Crippen molar-refractivity contribution in [2.75, 3.05) is 6.54 Å². The minimum Gasteiger partial charge on any atom is -0.361 e. The van der Waals surface area contributed by atoms with Crippen LogP contribution in [0.1, 0.15) is 41.0 Å². The summed E-state index contributed by atoms with van der Waals surface area (Å²) in [4.78, 5) is 16.1. The molecule has 0 heterocycles. The quantitative estimate of drug-likeness (QED) is 0.398. The van der Waals surface area contributed by atoms with E-state index >= 15 is 0 Å². The number of carbonyl (C=O) groups excluding carboxylic acids is 1. The third-order valence-electron chi connectivity index (χ3n) is 2.17. The van der Waals surface area contributed by atoms with Crippen molar-refractivity contribution in [3.05, 3.63) is 5.53 Å². The molecule has 0 atom stereocenters. The van der Waals surface area contributed by atoms with Crippen LogP contribution in [0.5, 0.6) is 0 Å². The largest absolute Gasteiger partial charge is 0.361 e. The molecule has 0 unspecified atom stereocenters. The molecular formula is C11H21N3O. The van der Waals surface area contributed by atoms with E-state index in [1.165, 1.54) is 0 Å². The zero-order chi connectivity index (χ0) is 12.1. The fraction of sp³-hybridized carbons (Fsp3) is 0.818. The number of nitrogens with zero attached hydrogens (tertiary/aromatic N) is 3. The molecule has 0 aliphatic rings. The summed E-state index contributed by atoms with van der Waals surface area (Å²) in [5.74, 6) is 0.305. The van der Waals surface area contributed by atoms with Crippen LogP contribution in [0.2, 0.25) is 0 Å². The smallest absolute Gasteiger partial charge is 0.344 e. The van der Waals surface area contributed by atoms with Crippen LogP contribution in [0, 0.1) is 5.92 Å². The SMILES string of the molecule is CC(C)CCN(C(=O)C=[N+]=[N-])C(C)(C)C. The minimum atomic E-state index is -0.245. The normalized spacial score (nSPS) is 11.1. The number of hydrogen-bond donors (Lipinski definition) is 0. The second-order valence-corrected chi connectivity index (χ2v) is 5.09. The molecule has 0 radical (unpaired) electrons. The molecule has 0 aromatic carbocycles. The van der Waals surface area contributed by atoms with Gasteiger partial charge in [0.15, 0.2) is 0 Å². The van der Waals surface area contributed by atoms with Crippen LogP contribution < -0.4 is 0 Å². The fourth-order valence-corrected chi connectivity index (χ4v) is 1.28. The number of carbonyl (C=O) groups is 1. The Labute approximate surface area is 91.9 Å². The molecule has 15 heavy (non-hydrogen) atoms. The molecular weight excluding hydrogens is 190 g/mol. The molecule has 0 aliphatic heterocycles. The van der Waals surface area contributed by atoms with Crippen molar-refractivity contribution < 1.29 is 9.58 Å². The van der Waals surface area contributed by atoms with E-state index in [1.807, 2.05) is 20.8 Å². The van der Waals surface area contributed by atoms with Gasteiger partial charge in [-0.15, -0.1) is 0 Å². The summed E-state index contributed by atoms with van der Waals surface area (Å²) in [7, 11) is 0. The minimum absolute atomic E-state index is 0.243. The van der Waals surface area contributed by atoms with Crippen LogP contribution in [0.4, 0.5) is 0 Å². The van der Waals surface area contributed by atoms with Gasteiger partial charge in [0.05, 0.1) is 0 Å². The summed E-state index contributed by atoms with van der Waals surface area (Å²) in [6.45, 7) is 10.8. The van der Waals surface area contributed by atoms with Crippen molar-refractivity contribution >= 4 is 12.1 Å². The topological polar surface area (TPSA) is 56.7 Å². The van der Waals surface area contributed by atoms with Crippen molar-refractivity contribution in [3.8, 4) is 0 Å². The maximum absolute atomic E-state index is 11.6. The lowest BCUT2D eigenvalue weighted by Gasteiger charge is -2.34. The average molecular weight is 211 g/mol. The predicted octanol–water partition coefficient (Wildman–Crippen LogP) is 1.96. The van der Waals surface area contributed by atoms with Gasteiger partial charge in [0.1, 0.15) is 0 Å². The molecule has 0 saturated heterocycles. The molecule has 0 rings (SSSR count). The van der Waals surface area contributed by atoms with Gasteiger partial charge in [0.2, 0.25) is 0 Å². The van der Waals surface area contributed by atoms with Crippen LogP contribution in [0.15, 0.2) is 0 Å². The summed E-state index contributed by atoms with van der Waals surface area (Å²) in [5, 5.41) is 0. The van der Waals surface area contributed by atoms with E-state index in [4.69, 9.17) is 5.53 Å². The lowest BCUT2D eigenvalue weighted by Crippen LogP contribution is -2.47. The number of hydrogen-bond acceptors (Lipinski definition) is 1. The standard InChI is InChI=1S/C11H21N3O/c1-9(2)6-7-14(11(3,4)5)10(15)8-13-12/h8-9H,6-7H2,1-5H3. The van der Waals surface area contributed by atoms with E-state index in [2.05, 4.69) is 18.6 Å². The first-order valence-electron chi connectivity index (χ1n) is 5.28. The average Bonchev–Trinajstić information content (AvgIpc) is 2.01. The highest BCUT2D eigenvalue weighted by Gasteiger charge is 2.27.